The van der Waals surface area contributed by atoms with Crippen LogP contribution in [0.5, 0.6) is 0 Å². The molecule has 0 fully saturated rings. The molecule has 0 saturated carbocycles. The fraction of sp³-hybridized carbons (Fsp3) is 0.250. The first-order valence-electron chi connectivity index (χ1n) is 11.0. The molecule has 5 rings (SSSR count). The Morgan fingerprint density at radius 3 is 2.29 bits per heavy atom. The van der Waals surface area contributed by atoms with Crippen molar-refractivity contribution < 1.29 is 4.79 Å². The zero-order chi connectivity index (χ0) is 21.5. The van der Waals surface area contributed by atoms with E-state index in [1.165, 1.54) is 22.3 Å². The van der Waals surface area contributed by atoms with Crippen molar-refractivity contribution in [1.82, 2.24) is 9.47 Å². The van der Waals surface area contributed by atoms with Gasteiger partial charge in [0.2, 0.25) is 0 Å². The van der Waals surface area contributed by atoms with Crippen LogP contribution in [0.2, 0.25) is 0 Å². The highest BCUT2D eigenvalue weighted by Crippen LogP contribution is 2.31. The first-order valence-corrected chi connectivity index (χ1v) is 11.0. The van der Waals surface area contributed by atoms with Gasteiger partial charge in [-0.15, -0.1) is 0 Å². The van der Waals surface area contributed by atoms with E-state index in [0.717, 1.165) is 34.9 Å². The van der Waals surface area contributed by atoms with Gasteiger partial charge in [0.05, 0.1) is 5.56 Å². The Bertz CT molecular complexity index is 1240. The molecule has 1 aromatic heterocycles. The van der Waals surface area contributed by atoms with Crippen LogP contribution < -0.4 is 0 Å². The molecule has 3 aromatic carbocycles. The van der Waals surface area contributed by atoms with Crippen molar-refractivity contribution in [3.05, 3.63) is 106 Å². The summed E-state index contributed by atoms with van der Waals surface area (Å²) in [5.74, 6) is 0.132. The van der Waals surface area contributed by atoms with Crippen molar-refractivity contribution in [3.63, 3.8) is 0 Å². The number of carbonyl (C=O) groups is 1. The molecule has 31 heavy (non-hydrogen) atoms. The number of aromatic nitrogens is 1. The van der Waals surface area contributed by atoms with Gasteiger partial charge >= 0.3 is 0 Å². The van der Waals surface area contributed by atoms with Crippen molar-refractivity contribution in [1.29, 1.82) is 0 Å². The lowest BCUT2D eigenvalue weighted by Crippen LogP contribution is -2.40. The predicted molar refractivity (Wildman–Crippen MR) is 126 cm³/mol. The monoisotopic (exact) mass is 408 g/mol. The maximum Gasteiger partial charge on any atom is 0.255 e. The maximum atomic E-state index is 14.1. The number of hydrogen-bond donors (Lipinski definition) is 0. The summed E-state index contributed by atoms with van der Waals surface area (Å²) in [6, 6.07) is 23.6. The lowest BCUT2D eigenvalue weighted by atomic mass is 10.0. The Balaban J connectivity index is 1.56. The summed E-state index contributed by atoms with van der Waals surface area (Å²) in [4.78, 5) is 16.2. The second-order valence-corrected chi connectivity index (χ2v) is 8.87. The lowest BCUT2D eigenvalue weighted by molar-refractivity contribution is 0.0669. The first kappa shape index (κ1) is 19.6. The minimum absolute atomic E-state index is 0.132. The highest BCUT2D eigenvalue weighted by atomic mass is 16.2. The largest absolute Gasteiger partial charge is 0.351 e. The summed E-state index contributed by atoms with van der Waals surface area (Å²) >= 11 is 0. The molecule has 1 aliphatic carbocycles. The maximum absolute atomic E-state index is 14.1. The van der Waals surface area contributed by atoms with Crippen LogP contribution in [-0.4, -0.2) is 21.4 Å². The van der Waals surface area contributed by atoms with Gasteiger partial charge in [0.25, 0.3) is 5.91 Å². The Hall–Kier alpha value is -3.33. The third-order valence-electron chi connectivity index (χ3n) is 6.69. The van der Waals surface area contributed by atoms with Crippen LogP contribution in [0.25, 0.3) is 10.9 Å². The smallest absolute Gasteiger partial charge is 0.255 e. The normalized spacial score (nSPS) is 13.5. The molecule has 1 heterocycles. The molecule has 1 aliphatic rings. The van der Waals surface area contributed by atoms with Crippen molar-refractivity contribution in [3.8, 4) is 0 Å². The van der Waals surface area contributed by atoms with Gasteiger partial charge in [-0.3, -0.25) is 4.79 Å². The molecule has 0 unspecified atom stereocenters. The van der Waals surface area contributed by atoms with E-state index >= 15 is 0 Å². The summed E-state index contributed by atoms with van der Waals surface area (Å²) in [5.41, 5.74) is 8.11. The Kier molecular flexibility index (Phi) is 4.90. The molecule has 1 amide bonds. The summed E-state index contributed by atoms with van der Waals surface area (Å²) < 4.78 is 2.08. The standard InChI is InChI=1S/C28H28N2O/c1-19-8-11-21(12-9-19)18-30(24-16-22-6-4-5-7-23(22)17-24)28(31)27-20(2)10-13-26-25(27)14-15-29(26)3/h4-15,24H,16-18H2,1-3H3. The molecule has 156 valence electrons. The molecule has 3 nitrogen and oxygen atoms in total. The first-order chi connectivity index (χ1) is 15.0. The molecular formula is C28H28N2O. The second-order valence-electron chi connectivity index (χ2n) is 8.87. The van der Waals surface area contributed by atoms with E-state index in [1.807, 2.05) is 20.2 Å². The van der Waals surface area contributed by atoms with Crippen LogP contribution >= 0.6 is 0 Å². The summed E-state index contributed by atoms with van der Waals surface area (Å²) in [6.45, 7) is 4.77. The average Bonchev–Trinajstić information content (AvgIpc) is 3.36. The van der Waals surface area contributed by atoms with Gasteiger partial charge in [0, 0.05) is 36.7 Å². The number of carbonyl (C=O) groups excluding carboxylic acids is 1. The molecule has 0 N–H and O–H groups in total. The number of nitrogens with zero attached hydrogens (tertiary/aromatic N) is 2. The summed E-state index contributed by atoms with van der Waals surface area (Å²) in [5, 5.41) is 1.04. The highest BCUT2D eigenvalue weighted by molar-refractivity contribution is 6.08. The van der Waals surface area contributed by atoms with Gasteiger partial charge in [-0.1, -0.05) is 60.2 Å². The van der Waals surface area contributed by atoms with E-state index in [0.29, 0.717) is 6.54 Å². The highest BCUT2D eigenvalue weighted by Gasteiger charge is 2.32. The van der Waals surface area contributed by atoms with Crippen LogP contribution in [0.4, 0.5) is 0 Å². The van der Waals surface area contributed by atoms with Crippen LogP contribution in [0.15, 0.2) is 72.9 Å². The minimum atomic E-state index is 0.132. The molecule has 0 saturated heterocycles. The Morgan fingerprint density at radius 2 is 1.61 bits per heavy atom. The van der Waals surface area contributed by atoms with E-state index in [-0.39, 0.29) is 11.9 Å². The van der Waals surface area contributed by atoms with Crippen molar-refractivity contribution >= 4 is 16.8 Å². The fourth-order valence-corrected chi connectivity index (χ4v) is 4.90. The van der Waals surface area contributed by atoms with Crippen LogP contribution in [0, 0.1) is 13.8 Å². The molecule has 0 aliphatic heterocycles. The topological polar surface area (TPSA) is 25.2 Å². The molecule has 3 heteroatoms. The number of rotatable bonds is 4. The van der Waals surface area contributed by atoms with Gasteiger partial charge in [-0.05, 0) is 61.1 Å². The number of fused-ring (bicyclic) bond motifs is 2. The zero-order valence-electron chi connectivity index (χ0n) is 18.4. The molecule has 0 bridgehead atoms. The molecule has 0 radical (unpaired) electrons. The quantitative estimate of drug-likeness (QED) is 0.431. The summed E-state index contributed by atoms with van der Waals surface area (Å²) in [6.07, 6.45) is 3.87. The number of amides is 1. The van der Waals surface area contributed by atoms with E-state index in [2.05, 4.69) is 83.1 Å². The van der Waals surface area contributed by atoms with Gasteiger partial charge in [-0.25, -0.2) is 0 Å². The zero-order valence-corrected chi connectivity index (χ0v) is 18.4. The van der Waals surface area contributed by atoms with Crippen LogP contribution in [0.3, 0.4) is 0 Å². The molecule has 4 aromatic rings. The number of hydrogen-bond acceptors (Lipinski definition) is 1. The van der Waals surface area contributed by atoms with E-state index < -0.39 is 0 Å². The number of benzene rings is 3. The van der Waals surface area contributed by atoms with Crippen molar-refractivity contribution in [2.45, 2.75) is 39.3 Å². The predicted octanol–water partition coefficient (Wildman–Crippen LogP) is 5.60. The van der Waals surface area contributed by atoms with E-state index in [1.54, 1.807) is 0 Å². The fourth-order valence-electron chi connectivity index (χ4n) is 4.90. The van der Waals surface area contributed by atoms with Gasteiger partial charge in [0.1, 0.15) is 0 Å². The third kappa shape index (κ3) is 3.54. The third-order valence-corrected chi connectivity index (χ3v) is 6.69. The Morgan fingerprint density at radius 1 is 0.935 bits per heavy atom. The summed E-state index contributed by atoms with van der Waals surface area (Å²) in [7, 11) is 2.03. The van der Waals surface area contributed by atoms with Crippen LogP contribution in [-0.2, 0) is 26.4 Å². The van der Waals surface area contributed by atoms with Gasteiger partial charge in [-0.2, -0.15) is 0 Å². The molecule has 0 atom stereocenters. The van der Waals surface area contributed by atoms with Crippen molar-refractivity contribution in [2.75, 3.05) is 0 Å². The Labute approximate surface area is 183 Å². The van der Waals surface area contributed by atoms with Crippen molar-refractivity contribution in [2.24, 2.45) is 7.05 Å². The lowest BCUT2D eigenvalue weighted by Gasteiger charge is -2.30. The average molecular weight is 409 g/mol. The molecule has 0 spiro atoms. The van der Waals surface area contributed by atoms with Gasteiger partial charge in [0.15, 0.2) is 0 Å². The second kappa shape index (κ2) is 7.73. The van der Waals surface area contributed by atoms with Crippen LogP contribution in [0.1, 0.15) is 38.2 Å². The SMILES string of the molecule is Cc1ccc(CN(C(=O)c2c(C)ccc3c2ccn3C)C2Cc3ccccc3C2)cc1. The number of aryl methyl sites for hydroxylation is 3. The molecular weight excluding hydrogens is 380 g/mol. The van der Waals surface area contributed by atoms with E-state index in [9.17, 15) is 4.79 Å². The van der Waals surface area contributed by atoms with Gasteiger partial charge < -0.3 is 9.47 Å². The minimum Gasteiger partial charge on any atom is -0.351 e. The van der Waals surface area contributed by atoms with E-state index in [4.69, 9.17) is 0 Å².